The van der Waals surface area contributed by atoms with Crippen LogP contribution >= 0.6 is 0 Å². The molecule has 3 aromatic rings. The van der Waals surface area contributed by atoms with Crippen molar-refractivity contribution >= 4 is 5.97 Å². The van der Waals surface area contributed by atoms with Crippen LogP contribution in [0, 0.1) is 12.7 Å². The van der Waals surface area contributed by atoms with Crippen molar-refractivity contribution in [2.45, 2.75) is 20.1 Å². The highest BCUT2D eigenvalue weighted by Crippen LogP contribution is 2.27. The second-order valence-corrected chi connectivity index (χ2v) is 6.09. The van der Waals surface area contributed by atoms with E-state index in [4.69, 9.17) is 14.2 Å². The van der Waals surface area contributed by atoms with Gasteiger partial charge in [0.05, 0.1) is 7.11 Å². The number of nitrogens with zero attached hydrogens (tertiary/aromatic N) is 1. The van der Waals surface area contributed by atoms with Gasteiger partial charge in [-0.15, -0.1) is 0 Å². The smallest absolute Gasteiger partial charge is 0.360 e. The lowest BCUT2D eigenvalue weighted by molar-refractivity contribution is 0.0588. The van der Waals surface area contributed by atoms with Crippen molar-refractivity contribution in [2.24, 2.45) is 0 Å². The summed E-state index contributed by atoms with van der Waals surface area (Å²) >= 11 is 0. The Balaban J connectivity index is 1.83. The lowest BCUT2D eigenvalue weighted by Gasteiger charge is -2.16. The maximum atomic E-state index is 13.0. The Hall–Kier alpha value is -3.41. The van der Waals surface area contributed by atoms with Crippen molar-refractivity contribution in [3.63, 3.8) is 0 Å². The van der Waals surface area contributed by atoms with E-state index in [1.807, 2.05) is 37.3 Å². The van der Waals surface area contributed by atoms with E-state index in [0.29, 0.717) is 11.5 Å². The lowest BCUT2D eigenvalue weighted by atomic mass is 10.1. The summed E-state index contributed by atoms with van der Waals surface area (Å²) < 4.78 is 29.4. The average Bonchev–Trinajstić information content (AvgIpc) is 2.73. The fourth-order valence-electron chi connectivity index (χ4n) is 2.61. The molecule has 1 aromatic heterocycles. The third-order valence-electron chi connectivity index (χ3n) is 4.20. The molecule has 0 N–H and O–H groups in total. The van der Waals surface area contributed by atoms with Crippen molar-refractivity contribution in [3.05, 3.63) is 89.0 Å². The third-order valence-corrected chi connectivity index (χ3v) is 4.20. The first-order valence-electron chi connectivity index (χ1n) is 8.70. The topological polar surface area (TPSA) is 57.7 Å². The maximum Gasteiger partial charge on any atom is 0.360 e. The molecule has 3 rings (SSSR count). The summed E-state index contributed by atoms with van der Waals surface area (Å²) in [5, 5.41) is 0. The van der Waals surface area contributed by atoms with E-state index in [0.717, 1.165) is 16.7 Å². The number of methoxy groups -OCH3 is 1. The number of hydrogen-bond acceptors (Lipinski definition) is 5. The number of esters is 1. The summed E-state index contributed by atoms with van der Waals surface area (Å²) in [7, 11) is 1.30. The molecule has 0 radical (unpaired) electrons. The van der Waals surface area contributed by atoms with Gasteiger partial charge in [0.25, 0.3) is 0 Å². The van der Waals surface area contributed by atoms with Crippen molar-refractivity contribution in [1.82, 2.24) is 4.98 Å². The Bertz CT molecular complexity index is 943. The van der Waals surface area contributed by atoms with Crippen LogP contribution in [0.5, 0.6) is 11.5 Å². The summed E-state index contributed by atoms with van der Waals surface area (Å²) in [6, 6.07) is 15.4. The first-order chi connectivity index (χ1) is 13.6. The quantitative estimate of drug-likeness (QED) is 0.565. The van der Waals surface area contributed by atoms with Gasteiger partial charge in [0.15, 0.2) is 11.4 Å². The van der Waals surface area contributed by atoms with Crippen molar-refractivity contribution in [1.29, 1.82) is 0 Å². The molecule has 144 valence electrons. The Morgan fingerprint density at radius 1 is 1.00 bits per heavy atom. The van der Waals surface area contributed by atoms with Crippen LogP contribution < -0.4 is 9.47 Å². The van der Waals surface area contributed by atoms with Crippen LogP contribution in [0.3, 0.4) is 0 Å². The van der Waals surface area contributed by atoms with E-state index in [2.05, 4.69) is 4.98 Å². The second kappa shape index (κ2) is 8.99. The number of hydrogen-bond donors (Lipinski definition) is 0. The van der Waals surface area contributed by atoms with Gasteiger partial charge in [-0.3, -0.25) is 0 Å². The lowest BCUT2D eigenvalue weighted by Crippen LogP contribution is -2.12. The highest BCUT2D eigenvalue weighted by molar-refractivity contribution is 5.90. The van der Waals surface area contributed by atoms with Gasteiger partial charge < -0.3 is 14.2 Å². The molecule has 1 heterocycles. The molecular formula is C22H20FNO4. The van der Waals surface area contributed by atoms with Gasteiger partial charge >= 0.3 is 5.97 Å². The number of carbonyl (C=O) groups excluding carboxylic acids is 1. The van der Waals surface area contributed by atoms with E-state index in [1.165, 1.54) is 19.2 Å². The van der Waals surface area contributed by atoms with Gasteiger partial charge in [0, 0.05) is 17.3 Å². The molecule has 5 nitrogen and oxygen atoms in total. The summed E-state index contributed by atoms with van der Waals surface area (Å²) in [5.41, 5.74) is 2.56. The van der Waals surface area contributed by atoms with Crippen LogP contribution in [0.2, 0.25) is 0 Å². The van der Waals surface area contributed by atoms with Gasteiger partial charge in [-0.1, -0.05) is 30.3 Å². The first-order valence-corrected chi connectivity index (χ1v) is 8.70. The molecular weight excluding hydrogens is 361 g/mol. The number of ether oxygens (including phenoxy) is 3. The summed E-state index contributed by atoms with van der Waals surface area (Å²) in [4.78, 5) is 16.3. The number of carbonyl (C=O) groups is 1. The highest BCUT2D eigenvalue weighted by atomic mass is 19.1. The zero-order valence-corrected chi connectivity index (χ0v) is 15.6. The predicted molar refractivity (Wildman–Crippen MR) is 102 cm³/mol. The maximum absolute atomic E-state index is 13.0. The number of pyridine rings is 1. The van der Waals surface area contributed by atoms with E-state index in [1.54, 1.807) is 18.3 Å². The predicted octanol–water partition coefficient (Wildman–Crippen LogP) is 4.47. The van der Waals surface area contributed by atoms with Gasteiger partial charge in [-0.25, -0.2) is 14.2 Å². The van der Waals surface area contributed by atoms with E-state index < -0.39 is 5.97 Å². The molecule has 0 aliphatic heterocycles. The average molecular weight is 381 g/mol. The van der Waals surface area contributed by atoms with Crippen molar-refractivity contribution in [3.8, 4) is 11.5 Å². The standard InChI is InChI=1S/C22H20FNO4/c1-15-17(14-27-19-10-8-18(23)9-11-19)12-24-20(22(25)26-2)21(15)28-13-16-6-4-3-5-7-16/h3-12H,13-14H2,1-2H3. The molecule has 0 aliphatic rings. The Labute approximate surface area is 162 Å². The number of rotatable bonds is 7. The van der Waals surface area contributed by atoms with E-state index in [9.17, 15) is 9.18 Å². The molecule has 0 bridgehead atoms. The molecule has 0 saturated heterocycles. The van der Waals surface area contributed by atoms with Crippen LogP contribution in [0.25, 0.3) is 0 Å². The highest BCUT2D eigenvalue weighted by Gasteiger charge is 2.20. The monoisotopic (exact) mass is 381 g/mol. The minimum atomic E-state index is -0.572. The molecule has 6 heteroatoms. The van der Waals surface area contributed by atoms with Crippen LogP contribution in [-0.4, -0.2) is 18.1 Å². The molecule has 0 amide bonds. The van der Waals surface area contributed by atoms with Crippen molar-refractivity contribution in [2.75, 3.05) is 7.11 Å². The van der Waals surface area contributed by atoms with Gasteiger partial charge in [0.2, 0.25) is 0 Å². The number of aromatic nitrogens is 1. The minimum absolute atomic E-state index is 0.112. The Morgan fingerprint density at radius 3 is 2.39 bits per heavy atom. The third kappa shape index (κ3) is 4.65. The van der Waals surface area contributed by atoms with Gasteiger partial charge in [-0.2, -0.15) is 0 Å². The van der Waals surface area contributed by atoms with E-state index in [-0.39, 0.29) is 24.7 Å². The molecule has 0 saturated carbocycles. The molecule has 0 aliphatic carbocycles. The molecule has 0 atom stereocenters. The zero-order chi connectivity index (χ0) is 19.9. The molecule has 0 unspecified atom stereocenters. The molecule has 0 fully saturated rings. The SMILES string of the molecule is COC(=O)c1ncc(COc2ccc(F)cc2)c(C)c1OCc1ccccc1. The molecule has 0 spiro atoms. The van der Waals surface area contributed by atoms with Crippen LogP contribution in [-0.2, 0) is 18.0 Å². The summed E-state index contributed by atoms with van der Waals surface area (Å²) in [6.07, 6.45) is 1.56. The van der Waals surface area contributed by atoms with Gasteiger partial charge in [0.1, 0.15) is 24.8 Å². The molecule has 2 aromatic carbocycles. The van der Waals surface area contributed by atoms with Crippen LogP contribution in [0.1, 0.15) is 27.2 Å². The Kier molecular flexibility index (Phi) is 6.22. The first kappa shape index (κ1) is 19.4. The zero-order valence-electron chi connectivity index (χ0n) is 15.6. The summed E-state index contributed by atoms with van der Waals surface area (Å²) in [5.74, 6) is -0.0121. The van der Waals surface area contributed by atoms with Crippen LogP contribution in [0.4, 0.5) is 4.39 Å². The number of halogens is 1. The largest absolute Gasteiger partial charge is 0.489 e. The summed E-state index contributed by atoms with van der Waals surface area (Å²) in [6.45, 7) is 2.32. The minimum Gasteiger partial charge on any atom is -0.489 e. The number of benzene rings is 2. The fraction of sp³-hybridized carbons (Fsp3) is 0.182. The van der Waals surface area contributed by atoms with Gasteiger partial charge in [-0.05, 0) is 36.8 Å². The fourth-order valence-corrected chi connectivity index (χ4v) is 2.61. The van der Waals surface area contributed by atoms with Crippen molar-refractivity contribution < 1.29 is 23.4 Å². The molecule has 28 heavy (non-hydrogen) atoms. The second-order valence-electron chi connectivity index (χ2n) is 6.09. The van der Waals surface area contributed by atoms with E-state index >= 15 is 0 Å². The van der Waals surface area contributed by atoms with Crippen LogP contribution in [0.15, 0.2) is 60.8 Å². The Morgan fingerprint density at radius 2 is 1.71 bits per heavy atom. The normalized spacial score (nSPS) is 10.4.